The zero-order chi connectivity index (χ0) is 27.1. The van der Waals surface area contributed by atoms with Gasteiger partial charge in [-0.25, -0.2) is 4.39 Å². The van der Waals surface area contributed by atoms with E-state index in [1.54, 1.807) is 0 Å². The summed E-state index contributed by atoms with van der Waals surface area (Å²) < 4.78 is 13.6. The lowest BCUT2D eigenvalue weighted by Crippen LogP contribution is -2.39. The van der Waals surface area contributed by atoms with Crippen molar-refractivity contribution in [1.82, 2.24) is 10.3 Å². The number of nitrogens with one attached hydrogen (secondary N) is 2. The van der Waals surface area contributed by atoms with Crippen LogP contribution < -0.4 is 10.6 Å². The van der Waals surface area contributed by atoms with E-state index in [0.717, 1.165) is 6.07 Å². The number of benzene rings is 2. The molecule has 1 unspecified atom stereocenters. The van der Waals surface area contributed by atoms with Crippen LogP contribution in [0.1, 0.15) is 19.8 Å². The highest BCUT2D eigenvalue weighted by molar-refractivity contribution is 6.18. The van der Waals surface area contributed by atoms with Crippen LogP contribution in [-0.4, -0.2) is 51.2 Å². The smallest absolute Gasteiger partial charge is 0.282 e. The van der Waals surface area contributed by atoms with E-state index in [-0.39, 0.29) is 22.8 Å². The predicted octanol–water partition coefficient (Wildman–Crippen LogP) is 1.99. The van der Waals surface area contributed by atoms with Crippen molar-refractivity contribution >= 4 is 52.3 Å². The average molecular weight is 511 g/mol. The van der Waals surface area contributed by atoms with Crippen molar-refractivity contribution in [3.8, 4) is 0 Å². The number of azo groups is 1. The molecule has 2 aromatic carbocycles. The van der Waals surface area contributed by atoms with Crippen LogP contribution in [0.4, 0.5) is 21.5 Å². The van der Waals surface area contributed by atoms with Crippen LogP contribution >= 0.6 is 0 Å². The number of halogens is 1. The number of nitro benzene ring substituents is 1. The van der Waals surface area contributed by atoms with Gasteiger partial charge in [0.25, 0.3) is 17.5 Å². The van der Waals surface area contributed by atoms with Crippen molar-refractivity contribution in [1.29, 1.82) is 0 Å². The summed E-state index contributed by atoms with van der Waals surface area (Å²) in [5, 5.41) is 26.6. The third kappa shape index (κ3) is 6.91. The van der Waals surface area contributed by atoms with Gasteiger partial charge in [0, 0.05) is 12.1 Å². The zero-order valence-corrected chi connectivity index (χ0v) is 19.1. The molecule has 0 saturated carbocycles. The van der Waals surface area contributed by atoms with Crippen LogP contribution in [0.15, 0.2) is 63.9 Å². The second-order valence-electron chi connectivity index (χ2n) is 7.53. The van der Waals surface area contributed by atoms with Gasteiger partial charge >= 0.3 is 0 Å². The molecule has 0 aliphatic carbocycles. The number of imide groups is 2. The Labute approximate surface area is 207 Å². The van der Waals surface area contributed by atoms with Crippen LogP contribution in [-0.2, 0) is 24.0 Å². The summed E-state index contributed by atoms with van der Waals surface area (Å²) in [5.74, 6) is -5.69. The number of amides is 5. The first-order valence-corrected chi connectivity index (χ1v) is 10.5. The lowest BCUT2D eigenvalue weighted by Gasteiger charge is -2.10. The molecule has 3 rings (SSSR count). The third-order valence-corrected chi connectivity index (χ3v) is 4.74. The second-order valence-corrected chi connectivity index (χ2v) is 7.53. The largest absolute Gasteiger partial charge is 0.323 e. The van der Waals surface area contributed by atoms with E-state index in [1.165, 1.54) is 49.4 Å². The van der Waals surface area contributed by atoms with E-state index in [9.17, 15) is 38.5 Å². The number of non-ortho nitro benzene ring substituents is 1. The van der Waals surface area contributed by atoms with Gasteiger partial charge in [0.15, 0.2) is 6.04 Å². The first-order chi connectivity index (χ1) is 17.5. The van der Waals surface area contributed by atoms with E-state index in [4.69, 9.17) is 0 Å². The molecule has 1 aliphatic heterocycles. The molecule has 0 bridgehead atoms. The minimum atomic E-state index is -1.26. The molecular formula is C22H18FN7O7. The van der Waals surface area contributed by atoms with Crippen molar-refractivity contribution in [2.45, 2.75) is 25.8 Å². The van der Waals surface area contributed by atoms with Crippen molar-refractivity contribution in [3.63, 3.8) is 0 Å². The summed E-state index contributed by atoms with van der Waals surface area (Å²) in [6, 6.07) is 9.04. The van der Waals surface area contributed by atoms with Gasteiger partial charge < -0.3 is 5.32 Å². The number of hydrazone groups is 1. The molecule has 2 N–H and O–H groups in total. The lowest BCUT2D eigenvalue weighted by atomic mass is 10.2. The quantitative estimate of drug-likeness (QED) is 0.234. The number of hydrogen-bond donors (Lipinski definition) is 2. The molecule has 0 spiro atoms. The summed E-state index contributed by atoms with van der Waals surface area (Å²) >= 11 is 0. The SMILES string of the molecule is CC1=NN(C(=O)CC(=O)NC(=O)CC(=O)Nc2ccccc2F)C(=O)C1N=Nc1ccc([N+](=O)[O-])cc1. The molecule has 190 valence electrons. The molecule has 1 atom stereocenters. The van der Waals surface area contributed by atoms with E-state index in [2.05, 4.69) is 20.6 Å². The molecule has 2 aromatic rings. The van der Waals surface area contributed by atoms with E-state index >= 15 is 0 Å². The molecule has 37 heavy (non-hydrogen) atoms. The lowest BCUT2D eigenvalue weighted by molar-refractivity contribution is -0.384. The molecule has 0 aromatic heterocycles. The standard InChI is InChI=1S/C22H18FN7O7/c1-12-21(27-26-13-6-8-14(9-7-13)30(36)37)22(35)29(28-12)20(34)11-19(33)25-18(32)10-17(31)24-16-5-3-2-4-15(16)23/h2-9,21H,10-11H2,1H3,(H,24,31)(H,25,32,33). The third-order valence-electron chi connectivity index (χ3n) is 4.74. The van der Waals surface area contributed by atoms with E-state index in [1.807, 2.05) is 5.32 Å². The normalized spacial score (nSPS) is 14.9. The number of nitro groups is 1. The number of carbonyl (C=O) groups excluding carboxylic acids is 5. The van der Waals surface area contributed by atoms with Gasteiger partial charge in [0.1, 0.15) is 18.7 Å². The molecule has 0 saturated heterocycles. The molecular weight excluding hydrogens is 493 g/mol. The van der Waals surface area contributed by atoms with Crippen LogP contribution in [0, 0.1) is 15.9 Å². The van der Waals surface area contributed by atoms with Crippen molar-refractivity contribution in [2.24, 2.45) is 15.3 Å². The zero-order valence-electron chi connectivity index (χ0n) is 19.1. The van der Waals surface area contributed by atoms with E-state index < -0.39 is 59.2 Å². The van der Waals surface area contributed by atoms with Gasteiger partial charge in [-0.3, -0.25) is 39.4 Å². The molecule has 15 heteroatoms. The van der Waals surface area contributed by atoms with Crippen molar-refractivity contribution in [3.05, 3.63) is 64.5 Å². The van der Waals surface area contributed by atoms with Crippen LogP contribution in [0.2, 0.25) is 0 Å². The van der Waals surface area contributed by atoms with Crippen molar-refractivity contribution in [2.75, 3.05) is 5.32 Å². The summed E-state index contributed by atoms with van der Waals surface area (Å²) in [5.41, 5.74) is 0.00830. The number of rotatable bonds is 8. The highest BCUT2D eigenvalue weighted by Gasteiger charge is 2.38. The van der Waals surface area contributed by atoms with E-state index in [0.29, 0.717) is 5.01 Å². The van der Waals surface area contributed by atoms with Gasteiger partial charge in [-0.1, -0.05) is 12.1 Å². The van der Waals surface area contributed by atoms with Gasteiger partial charge in [-0.05, 0) is 31.2 Å². The predicted molar refractivity (Wildman–Crippen MR) is 124 cm³/mol. The highest BCUT2D eigenvalue weighted by Crippen LogP contribution is 2.21. The maximum atomic E-state index is 13.6. The maximum absolute atomic E-state index is 13.6. The molecule has 14 nitrogen and oxygen atoms in total. The second kappa shape index (κ2) is 11.5. The Morgan fingerprint density at radius 2 is 1.70 bits per heavy atom. The number of anilines is 1. The Morgan fingerprint density at radius 1 is 1.05 bits per heavy atom. The monoisotopic (exact) mass is 511 g/mol. The average Bonchev–Trinajstić information content (AvgIpc) is 3.12. The summed E-state index contributed by atoms with van der Waals surface area (Å²) in [6.07, 6.45) is -1.76. The summed E-state index contributed by atoms with van der Waals surface area (Å²) in [4.78, 5) is 70.9. The molecule has 0 radical (unpaired) electrons. The fourth-order valence-corrected chi connectivity index (χ4v) is 2.99. The Hall–Kier alpha value is -5.21. The van der Waals surface area contributed by atoms with Gasteiger partial charge in [-0.15, -0.1) is 0 Å². The first kappa shape index (κ1) is 26.4. The Kier molecular flexibility index (Phi) is 8.19. The maximum Gasteiger partial charge on any atom is 0.282 e. The van der Waals surface area contributed by atoms with Crippen LogP contribution in [0.3, 0.4) is 0 Å². The highest BCUT2D eigenvalue weighted by atomic mass is 19.1. The van der Waals surface area contributed by atoms with Crippen LogP contribution in [0.5, 0.6) is 0 Å². The molecule has 0 fully saturated rings. The number of para-hydroxylation sites is 1. The van der Waals surface area contributed by atoms with Gasteiger partial charge in [0.2, 0.25) is 17.7 Å². The Bertz CT molecular complexity index is 1340. The Morgan fingerprint density at radius 3 is 2.35 bits per heavy atom. The first-order valence-electron chi connectivity index (χ1n) is 10.5. The summed E-state index contributed by atoms with van der Waals surface area (Å²) in [7, 11) is 0. The summed E-state index contributed by atoms with van der Waals surface area (Å²) in [6.45, 7) is 1.41. The van der Waals surface area contributed by atoms with Crippen LogP contribution in [0.25, 0.3) is 0 Å². The number of nitrogens with zero attached hydrogens (tertiary/aromatic N) is 5. The fraction of sp³-hybridized carbons (Fsp3) is 0.182. The minimum Gasteiger partial charge on any atom is -0.323 e. The van der Waals surface area contributed by atoms with Gasteiger partial charge in [-0.2, -0.15) is 20.3 Å². The van der Waals surface area contributed by atoms with Crippen molar-refractivity contribution < 1.29 is 33.3 Å². The molecule has 1 aliphatic rings. The molecule has 1 heterocycles. The number of carbonyl (C=O) groups is 5. The Balaban J connectivity index is 1.51. The minimum absolute atomic E-state index is 0.102. The van der Waals surface area contributed by atoms with Gasteiger partial charge in [0.05, 0.1) is 22.0 Å². The fourth-order valence-electron chi connectivity index (χ4n) is 2.99. The number of hydrogen-bond acceptors (Lipinski definition) is 10. The molecule has 5 amide bonds. The topological polar surface area (TPSA) is 193 Å².